The topological polar surface area (TPSA) is 72.2 Å². The Labute approximate surface area is 118 Å². The van der Waals surface area contributed by atoms with Crippen LogP contribution in [0.1, 0.15) is 24.2 Å². The van der Waals surface area contributed by atoms with Crippen molar-refractivity contribution < 1.29 is 14.0 Å². The van der Waals surface area contributed by atoms with E-state index in [0.29, 0.717) is 3.57 Å². The van der Waals surface area contributed by atoms with Crippen LogP contribution < -0.4 is 11.1 Å². The summed E-state index contributed by atoms with van der Waals surface area (Å²) < 4.78 is 13.7. The average molecular weight is 364 g/mol. The van der Waals surface area contributed by atoms with Crippen LogP contribution in [0.15, 0.2) is 18.2 Å². The number of nitrogens with two attached hydrogens (primary N) is 1. The SMILES string of the molecule is CC(C)C(NC(=O)c1cc(F)ccc1I)C(N)=O. The van der Waals surface area contributed by atoms with Gasteiger partial charge in [0.2, 0.25) is 5.91 Å². The fraction of sp³-hybridized carbons (Fsp3) is 0.333. The van der Waals surface area contributed by atoms with Crippen molar-refractivity contribution >= 4 is 34.4 Å². The maximum atomic E-state index is 13.1. The molecule has 1 unspecified atom stereocenters. The Kier molecular flexibility index (Phi) is 5.06. The van der Waals surface area contributed by atoms with Crippen LogP contribution in [0.3, 0.4) is 0 Å². The summed E-state index contributed by atoms with van der Waals surface area (Å²) >= 11 is 1.93. The maximum Gasteiger partial charge on any atom is 0.253 e. The van der Waals surface area contributed by atoms with E-state index in [4.69, 9.17) is 5.73 Å². The number of primary amides is 1. The molecular formula is C12H14FIN2O2. The third-order valence-electron chi connectivity index (χ3n) is 2.43. The minimum atomic E-state index is -0.767. The summed E-state index contributed by atoms with van der Waals surface area (Å²) in [6.07, 6.45) is 0. The molecule has 18 heavy (non-hydrogen) atoms. The van der Waals surface area contributed by atoms with Crippen molar-refractivity contribution in [2.45, 2.75) is 19.9 Å². The van der Waals surface area contributed by atoms with Gasteiger partial charge < -0.3 is 11.1 Å². The van der Waals surface area contributed by atoms with Crippen LogP contribution in [0, 0.1) is 15.3 Å². The highest BCUT2D eigenvalue weighted by atomic mass is 127. The number of nitrogens with one attached hydrogen (secondary N) is 1. The quantitative estimate of drug-likeness (QED) is 0.798. The second-order valence-electron chi connectivity index (χ2n) is 4.22. The fourth-order valence-electron chi connectivity index (χ4n) is 1.46. The highest BCUT2D eigenvalue weighted by Crippen LogP contribution is 2.14. The van der Waals surface area contributed by atoms with Crippen LogP contribution in [0.25, 0.3) is 0 Å². The van der Waals surface area contributed by atoms with Gasteiger partial charge in [-0.3, -0.25) is 9.59 Å². The van der Waals surface area contributed by atoms with Crippen LogP contribution in [0.5, 0.6) is 0 Å². The van der Waals surface area contributed by atoms with Crippen LogP contribution in [-0.4, -0.2) is 17.9 Å². The number of halogens is 2. The van der Waals surface area contributed by atoms with Crippen molar-refractivity contribution in [1.82, 2.24) is 5.32 Å². The molecule has 0 aliphatic rings. The molecule has 0 bridgehead atoms. The third-order valence-corrected chi connectivity index (χ3v) is 3.37. The Bertz CT molecular complexity index is 477. The molecule has 6 heteroatoms. The zero-order valence-electron chi connectivity index (χ0n) is 10.0. The molecule has 1 atom stereocenters. The Morgan fingerprint density at radius 2 is 2.00 bits per heavy atom. The zero-order valence-corrected chi connectivity index (χ0v) is 12.2. The summed E-state index contributed by atoms with van der Waals surface area (Å²) in [6.45, 7) is 3.54. The minimum absolute atomic E-state index is 0.127. The lowest BCUT2D eigenvalue weighted by atomic mass is 10.0. The van der Waals surface area contributed by atoms with Gasteiger partial charge in [-0.1, -0.05) is 13.8 Å². The number of hydrogen-bond donors (Lipinski definition) is 2. The van der Waals surface area contributed by atoms with E-state index in [-0.39, 0.29) is 11.5 Å². The summed E-state index contributed by atoms with van der Waals surface area (Å²) in [5.74, 6) is -1.74. The average Bonchev–Trinajstić information content (AvgIpc) is 2.28. The van der Waals surface area contributed by atoms with E-state index in [2.05, 4.69) is 5.32 Å². The van der Waals surface area contributed by atoms with Crippen molar-refractivity contribution in [1.29, 1.82) is 0 Å². The van der Waals surface area contributed by atoms with Gasteiger partial charge in [0.25, 0.3) is 5.91 Å². The molecule has 0 saturated carbocycles. The Hall–Kier alpha value is -1.18. The summed E-state index contributed by atoms with van der Waals surface area (Å²) in [5, 5.41) is 2.52. The molecular weight excluding hydrogens is 350 g/mol. The molecule has 0 saturated heterocycles. The Balaban J connectivity index is 2.94. The lowest BCUT2D eigenvalue weighted by Crippen LogP contribution is -2.47. The molecule has 2 amide bonds. The number of amides is 2. The molecule has 0 aliphatic carbocycles. The van der Waals surface area contributed by atoms with E-state index in [1.54, 1.807) is 13.8 Å². The minimum Gasteiger partial charge on any atom is -0.368 e. The van der Waals surface area contributed by atoms with E-state index in [9.17, 15) is 14.0 Å². The van der Waals surface area contributed by atoms with Gasteiger partial charge in [-0.05, 0) is 46.7 Å². The van der Waals surface area contributed by atoms with Gasteiger partial charge in [0.15, 0.2) is 0 Å². The first kappa shape index (κ1) is 14.9. The first-order chi connectivity index (χ1) is 8.32. The van der Waals surface area contributed by atoms with Gasteiger partial charge in [0, 0.05) is 3.57 Å². The van der Waals surface area contributed by atoms with Crippen molar-refractivity contribution in [3.05, 3.63) is 33.1 Å². The molecule has 98 valence electrons. The van der Waals surface area contributed by atoms with E-state index in [1.165, 1.54) is 12.1 Å². The smallest absolute Gasteiger partial charge is 0.253 e. The number of hydrogen-bond acceptors (Lipinski definition) is 2. The van der Waals surface area contributed by atoms with Crippen LogP contribution in [0.2, 0.25) is 0 Å². The van der Waals surface area contributed by atoms with Crippen LogP contribution in [-0.2, 0) is 4.79 Å². The van der Waals surface area contributed by atoms with Gasteiger partial charge in [0.05, 0.1) is 5.56 Å². The fourth-order valence-corrected chi connectivity index (χ4v) is 2.04. The molecule has 0 spiro atoms. The van der Waals surface area contributed by atoms with Gasteiger partial charge >= 0.3 is 0 Å². The van der Waals surface area contributed by atoms with Gasteiger partial charge in [0.1, 0.15) is 11.9 Å². The van der Waals surface area contributed by atoms with Crippen molar-refractivity contribution in [3.8, 4) is 0 Å². The number of benzene rings is 1. The molecule has 0 fully saturated rings. The number of carbonyl (C=O) groups excluding carboxylic acids is 2. The first-order valence-electron chi connectivity index (χ1n) is 5.38. The first-order valence-corrected chi connectivity index (χ1v) is 6.46. The normalized spacial score (nSPS) is 12.3. The highest BCUT2D eigenvalue weighted by Gasteiger charge is 2.23. The predicted octanol–water partition coefficient (Wildman–Crippen LogP) is 1.67. The summed E-state index contributed by atoms with van der Waals surface area (Å²) in [7, 11) is 0. The molecule has 0 aromatic heterocycles. The van der Waals surface area contributed by atoms with Gasteiger partial charge in [-0.25, -0.2) is 4.39 Å². The summed E-state index contributed by atoms with van der Waals surface area (Å²) in [5.41, 5.74) is 5.40. The second-order valence-corrected chi connectivity index (χ2v) is 5.38. The number of carbonyl (C=O) groups is 2. The van der Waals surface area contributed by atoms with E-state index < -0.39 is 23.7 Å². The highest BCUT2D eigenvalue weighted by molar-refractivity contribution is 14.1. The molecule has 0 radical (unpaired) electrons. The zero-order chi connectivity index (χ0) is 13.9. The largest absolute Gasteiger partial charge is 0.368 e. The summed E-state index contributed by atoms with van der Waals surface area (Å²) in [4.78, 5) is 23.1. The standard InChI is InChI=1S/C12H14FIN2O2/c1-6(2)10(11(15)17)16-12(18)8-5-7(13)3-4-9(8)14/h3-6,10H,1-2H3,(H2,15,17)(H,16,18). The molecule has 0 aliphatic heterocycles. The van der Waals surface area contributed by atoms with E-state index >= 15 is 0 Å². The Morgan fingerprint density at radius 3 is 2.50 bits per heavy atom. The lowest BCUT2D eigenvalue weighted by Gasteiger charge is -2.19. The van der Waals surface area contributed by atoms with Gasteiger partial charge in [-0.2, -0.15) is 0 Å². The number of rotatable bonds is 4. The van der Waals surface area contributed by atoms with Crippen molar-refractivity contribution in [2.24, 2.45) is 11.7 Å². The molecule has 1 aromatic rings. The molecule has 1 rings (SSSR count). The predicted molar refractivity (Wildman–Crippen MR) is 74.4 cm³/mol. The maximum absolute atomic E-state index is 13.1. The third kappa shape index (κ3) is 3.66. The Morgan fingerprint density at radius 1 is 1.39 bits per heavy atom. The lowest BCUT2D eigenvalue weighted by molar-refractivity contribution is -0.120. The summed E-state index contributed by atoms with van der Waals surface area (Å²) in [6, 6.07) is 3.14. The molecule has 3 N–H and O–H groups in total. The molecule has 1 aromatic carbocycles. The molecule has 0 heterocycles. The van der Waals surface area contributed by atoms with Crippen LogP contribution in [0.4, 0.5) is 4.39 Å². The van der Waals surface area contributed by atoms with Crippen LogP contribution >= 0.6 is 22.6 Å². The van der Waals surface area contributed by atoms with Crippen molar-refractivity contribution in [2.75, 3.05) is 0 Å². The monoisotopic (exact) mass is 364 g/mol. The van der Waals surface area contributed by atoms with E-state index in [0.717, 1.165) is 6.07 Å². The van der Waals surface area contributed by atoms with Crippen molar-refractivity contribution in [3.63, 3.8) is 0 Å². The van der Waals surface area contributed by atoms with Gasteiger partial charge in [-0.15, -0.1) is 0 Å². The second kappa shape index (κ2) is 6.12. The van der Waals surface area contributed by atoms with E-state index in [1.807, 2.05) is 22.6 Å². The molecule has 4 nitrogen and oxygen atoms in total.